The molecule has 0 aromatic heterocycles. The highest BCUT2D eigenvalue weighted by molar-refractivity contribution is 7.92. The van der Waals surface area contributed by atoms with E-state index in [1.54, 1.807) is 19.9 Å². The molecule has 1 N–H and O–H groups in total. The van der Waals surface area contributed by atoms with Crippen molar-refractivity contribution in [3.8, 4) is 0 Å². The number of hydrogen-bond acceptors (Lipinski definition) is 4. The van der Waals surface area contributed by atoms with Gasteiger partial charge in [0.15, 0.2) is 0 Å². The fraction of sp³-hybridized carbons (Fsp3) is 0.391. The second kappa shape index (κ2) is 12.1. The number of nitrogens with zero attached hydrogens (tertiary/aromatic N) is 2. The van der Waals surface area contributed by atoms with Crippen LogP contribution in [0.3, 0.4) is 0 Å². The van der Waals surface area contributed by atoms with Gasteiger partial charge in [-0.25, -0.2) is 8.42 Å². The molecule has 0 radical (unpaired) electrons. The highest BCUT2D eigenvalue weighted by Gasteiger charge is 2.34. The Hall–Kier alpha value is -2.21. The molecule has 0 aliphatic heterocycles. The van der Waals surface area contributed by atoms with Gasteiger partial charge < -0.3 is 10.2 Å². The van der Waals surface area contributed by atoms with Crippen LogP contribution in [0.15, 0.2) is 36.4 Å². The van der Waals surface area contributed by atoms with Crippen molar-refractivity contribution >= 4 is 62.3 Å². The first kappa shape index (κ1) is 31.0. The van der Waals surface area contributed by atoms with Crippen molar-refractivity contribution in [2.75, 3.05) is 17.1 Å². The van der Waals surface area contributed by atoms with Crippen LogP contribution in [-0.4, -0.2) is 50.0 Å². The summed E-state index contributed by atoms with van der Waals surface area (Å²) < 4.78 is 65.6. The number of amides is 2. The average Bonchev–Trinajstić information content (AvgIpc) is 2.76. The number of rotatable bonds is 9. The molecule has 0 fully saturated rings. The molecule has 2 aromatic carbocycles. The van der Waals surface area contributed by atoms with E-state index in [0.29, 0.717) is 22.0 Å². The van der Waals surface area contributed by atoms with E-state index in [1.165, 1.54) is 19.1 Å². The first-order valence-electron chi connectivity index (χ1n) is 10.8. The SMILES string of the molecule is CC(C)NC(=O)C(C)N(Cc1ccc(Cl)c(Cl)c1)C(=O)CN(c1cc(C(F)(F)F)ccc1Cl)S(C)(=O)=O. The summed E-state index contributed by atoms with van der Waals surface area (Å²) in [4.78, 5) is 27.3. The van der Waals surface area contributed by atoms with Crippen LogP contribution >= 0.6 is 34.8 Å². The number of carbonyl (C=O) groups is 2. The lowest BCUT2D eigenvalue weighted by Crippen LogP contribution is -2.52. The molecule has 0 heterocycles. The van der Waals surface area contributed by atoms with Gasteiger partial charge in [-0.05, 0) is 56.7 Å². The van der Waals surface area contributed by atoms with Crippen LogP contribution in [0.4, 0.5) is 18.9 Å². The van der Waals surface area contributed by atoms with Crippen LogP contribution in [0.25, 0.3) is 0 Å². The highest BCUT2D eigenvalue weighted by atomic mass is 35.5. The quantitative estimate of drug-likeness (QED) is 0.418. The number of halogens is 6. The lowest BCUT2D eigenvalue weighted by Gasteiger charge is -2.32. The van der Waals surface area contributed by atoms with Gasteiger partial charge in [0.1, 0.15) is 12.6 Å². The highest BCUT2D eigenvalue weighted by Crippen LogP contribution is 2.36. The normalized spacial score (nSPS) is 12.8. The Bertz CT molecular complexity index is 1270. The molecule has 2 rings (SSSR count). The van der Waals surface area contributed by atoms with Crippen LogP contribution in [0.2, 0.25) is 15.1 Å². The predicted molar refractivity (Wildman–Crippen MR) is 138 cm³/mol. The number of benzene rings is 2. The van der Waals surface area contributed by atoms with Crippen molar-refractivity contribution in [2.24, 2.45) is 0 Å². The largest absolute Gasteiger partial charge is 0.416 e. The van der Waals surface area contributed by atoms with Gasteiger partial charge >= 0.3 is 6.18 Å². The van der Waals surface area contributed by atoms with Gasteiger partial charge in [-0.3, -0.25) is 13.9 Å². The fourth-order valence-corrected chi connectivity index (χ4v) is 4.74. The molecule has 0 bridgehead atoms. The lowest BCUT2D eigenvalue weighted by molar-refractivity contribution is -0.139. The molecular formula is C23H25Cl3F3N3O4S. The number of hydrogen-bond donors (Lipinski definition) is 1. The van der Waals surface area contributed by atoms with Gasteiger partial charge in [0, 0.05) is 12.6 Å². The van der Waals surface area contributed by atoms with Crippen molar-refractivity contribution in [3.05, 3.63) is 62.6 Å². The second-order valence-electron chi connectivity index (χ2n) is 8.54. The van der Waals surface area contributed by atoms with E-state index in [1.807, 2.05) is 0 Å². The molecule has 0 aliphatic rings. The molecule has 0 saturated heterocycles. The maximum Gasteiger partial charge on any atom is 0.416 e. The molecule has 0 saturated carbocycles. The predicted octanol–water partition coefficient (Wildman–Crippen LogP) is 5.37. The van der Waals surface area contributed by atoms with Gasteiger partial charge in [-0.1, -0.05) is 40.9 Å². The molecule has 1 unspecified atom stereocenters. The molecule has 37 heavy (non-hydrogen) atoms. The standard InChI is InChI=1S/C23H25Cl3F3N3O4S/c1-13(2)30-22(34)14(3)31(11-15-5-7-17(24)19(26)9-15)21(33)12-32(37(4,35)36)20-10-16(23(27,28)29)6-8-18(20)25/h5-10,13-14H,11-12H2,1-4H3,(H,30,34). The van der Waals surface area contributed by atoms with Crippen LogP contribution in [0.5, 0.6) is 0 Å². The maximum atomic E-state index is 13.5. The van der Waals surface area contributed by atoms with E-state index in [4.69, 9.17) is 34.8 Å². The smallest absolute Gasteiger partial charge is 0.352 e. The second-order valence-corrected chi connectivity index (χ2v) is 11.7. The van der Waals surface area contributed by atoms with Crippen molar-refractivity contribution in [1.82, 2.24) is 10.2 Å². The molecule has 0 spiro atoms. The zero-order chi connectivity index (χ0) is 28.3. The van der Waals surface area contributed by atoms with Crippen molar-refractivity contribution in [2.45, 2.75) is 45.6 Å². The van der Waals surface area contributed by atoms with Crippen LogP contribution in [0.1, 0.15) is 31.9 Å². The third-order valence-electron chi connectivity index (χ3n) is 5.16. The number of anilines is 1. The number of nitrogens with one attached hydrogen (secondary N) is 1. The minimum atomic E-state index is -4.78. The Morgan fingerprint density at radius 2 is 1.57 bits per heavy atom. The van der Waals surface area contributed by atoms with E-state index < -0.39 is 51.9 Å². The number of sulfonamides is 1. The van der Waals surface area contributed by atoms with E-state index in [9.17, 15) is 31.2 Å². The Labute approximate surface area is 228 Å². The summed E-state index contributed by atoms with van der Waals surface area (Å²) in [5.74, 6) is -1.39. The lowest BCUT2D eigenvalue weighted by atomic mass is 10.1. The Morgan fingerprint density at radius 1 is 0.973 bits per heavy atom. The average molecular weight is 603 g/mol. The molecule has 7 nitrogen and oxygen atoms in total. The third-order valence-corrected chi connectivity index (χ3v) is 7.34. The summed E-state index contributed by atoms with van der Waals surface area (Å²) in [5, 5.41) is 2.82. The molecule has 204 valence electrons. The molecular weight excluding hydrogens is 578 g/mol. The molecule has 2 amide bonds. The Kier molecular flexibility index (Phi) is 10.1. The minimum absolute atomic E-state index is 0.170. The van der Waals surface area contributed by atoms with E-state index in [-0.39, 0.29) is 27.7 Å². The van der Waals surface area contributed by atoms with Gasteiger partial charge in [0.2, 0.25) is 21.8 Å². The third kappa shape index (κ3) is 8.39. The summed E-state index contributed by atoms with van der Waals surface area (Å²) in [6.45, 7) is 3.79. The maximum absolute atomic E-state index is 13.5. The first-order chi connectivity index (χ1) is 16.9. The summed E-state index contributed by atoms with van der Waals surface area (Å²) in [6, 6.07) is 5.35. The first-order valence-corrected chi connectivity index (χ1v) is 13.8. The van der Waals surface area contributed by atoms with Crippen LogP contribution in [0, 0.1) is 0 Å². The Balaban J connectivity index is 2.52. The van der Waals surface area contributed by atoms with Crippen LogP contribution < -0.4 is 9.62 Å². The number of alkyl halides is 3. The topological polar surface area (TPSA) is 86.8 Å². The van der Waals surface area contributed by atoms with Crippen molar-refractivity contribution in [3.63, 3.8) is 0 Å². The van der Waals surface area contributed by atoms with E-state index >= 15 is 0 Å². The van der Waals surface area contributed by atoms with Crippen molar-refractivity contribution < 1.29 is 31.2 Å². The monoisotopic (exact) mass is 601 g/mol. The molecule has 1 atom stereocenters. The molecule has 2 aromatic rings. The Morgan fingerprint density at radius 3 is 2.08 bits per heavy atom. The van der Waals surface area contributed by atoms with Gasteiger partial charge in [-0.2, -0.15) is 13.2 Å². The molecule has 14 heteroatoms. The summed E-state index contributed by atoms with van der Waals surface area (Å²) in [5.41, 5.74) is -1.19. The molecule has 0 aliphatic carbocycles. The summed E-state index contributed by atoms with van der Waals surface area (Å²) >= 11 is 18.1. The summed E-state index contributed by atoms with van der Waals surface area (Å²) in [6.07, 6.45) is -4.05. The van der Waals surface area contributed by atoms with Gasteiger partial charge in [0.25, 0.3) is 0 Å². The van der Waals surface area contributed by atoms with Crippen LogP contribution in [-0.2, 0) is 32.3 Å². The fourth-order valence-electron chi connectivity index (χ4n) is 3.30. The summed E-state index contributed by atoms with van der Waals surface area (Å²) in [7, 11) is -4.29. The van der Waals surface area contributed by atoms with E-state index in [2.05, 4.69) is 5.32 Å². The van der Waals surface area contributed by atoms with Crippen molar-refractivity contribution in [1.29, 1.82) is 0 Å². The van der Waals surface area contributed by atoms with E-state index in [0.717, 1.165) is 17.2 Å². The zero-order valence-corrected chi connectivity index (χ0v) is 23.3. The van der Waals surface area contributed by atoms with Gasteiger partial charge in [0.05, 0.1) is 32.6 Å². The zero-order valence-electron chi connectivity index (χ0n) is 20.2. The minimum Gasteiger partial charge on any atom is -0.352 e. The van der Waals surface area contributed by atoms with Gasteiger partial charge in [-0.15, -0.1) is 0 Å². The number of carbonyl (C=O) groups excluding carboxylic acids is 2.